The van der Waals surface area contributed by atoms with Crippen molar-refractivity contribution in [3.05, 3.63) is 30.5 Å². The highest BCUT2D eigenvalue weighted by atomic mass is 16.5. The topological polar surface area (TPSA) is 17.4 Å². The molecule has 102 valence electrons. The van der Waals surface area contributed by atoms with Crippen molar-refractivity contribution >= 4 is 10.9 Å². The zero-order valence-corrected chi connectivity index (χ0v) is 11.8. The molecule has 1 saturated heterocycles. The Hall–Kier alpha value is -1.48. The smallest absolute Gasteiger partial charge is 0.144 e. The lowest BCUT2D eigenvalue weighted by atomic mass is 10.2. The summed E-state index contributed by atoms with van der Waals surface area (Å²) in [4.78, 5) is 2.58. The number of benzene rings is 1. The average molecular weight is 258 g/mol. The highest BCUT2D eigenvalue weighted by Crippen LogP contribution is 2.29. The number of methoxy groups -OCH3 is 1. The zero-order chi connectivity index (χ0) is 13.2. The van der Waals surface area contributed by atoms with Crippen molar-refractivity contribution < 1.29 is 4.74 Å². The maximum atomic E-state index is 5.49. The predicted molar refractivity (Wildman–Crippen MR) is 78.8 cm³/mol. The van der Waals surface area contributed by atoms with Crippen molar-refractivity contribution in [2.24, 2.45) is 0 Å². The largest absolute Gasteiger partial charge is 0.495 e. The van der Waals surface area contributed by atoms with E-state index in [1.807, 2.05) is 0 Å². The second-order valence-corrected chi connectivity index (χ2v) is 5.29. The summed E-state index contributed by atoms with van der Waals surface area (Å²) in [6, 6.07) is 9.17. The molecule has 19 heavy (non-hydrogen) atoms. The molecular formula is C16H22N2O. The molecule has 0 spiro atoms. The third kappa shape index (κ3) is 2.23. The number of hydrogen-bond donors (Lipinski definition) is 0. The van der Waals surface area contributed by atoms with Gasteiger partial charge in [-0.3, -0.25) is 4.90 Å². The fraction of sp³-hybridized carbons (Fsp3) is 0.500. The van der Waals surface area contributed by atoms with Crippen LogP contribution in [0.3, 0.4) is 0 Å². The Morgan fingerprint density at radius 3 is 2.95 bits per heavy atom. The number of ether oxygens (including phenoxy) is 1. The van der Waals surface area contributed by atoms with Gasteiger partial charge in [-0.15, -0.1) is 0 Å². The molecule has 3 nitrogen and oxygen atoms in total. The van der Waals surface area contributed by atoms with Gasteiger partial charge in [-0.2, -0.15) is 0 Å². The lowest BCUT2D eigenvalue weighted by Crippen LogP contribution is -2.32. The highest BCUT2D eigenvalue weighted by Gasteiger charge is 2.24. The van der Waals surface area contributed by atoms with E-state index in [-0.39, 0.29) is 0 Å². The average Bonchev–Trinajstić information content (AvgIpc) is 3.04. The van der Waals surface area contributed by atoms with Gasteiger partial charge in [0.2, 0.25) is 0 Å². The molecule has 2 aromatic rings. The summed E-state index contributed by atoms with van der Waals surface area (Å²) >= 11 is 0. The van der Waals surface area contributed by atoms with Crippen LogP contribution < -0.4 is 4.74 Å². The Bertz CT molecular complexity index is 561. The number of para-hydroxylation sites is 1. The highest BCUT2D eigenvalue weighted by molar-refractivity contribution is 5.86. The van der Waals surface area contributed by atoms with Crippen molar-refractivity contribution in [2.75, 3.05) is 20.2 Å². The quantitative estimate of drug-likeness (QED) is 0.838. The molecule has 1 aromatic heterocycles. The molecule has 3 heteroatoms. The fourth-order valence-corrected chi connectivity index (χ4v) is 3.27. The second kappa shape index (κ2) is 5.25. The van der Waals surface area contributed by atoms with Crippen molar-refractivity contribution in [1.82, 2.24) is 9.47 Å². The van der Waals surface area contributed by atoms with Gasteiger partial charge in [-0.25, -0.2) is 0 Å². The lowest BCUT2D eigenvalue weighted by molar-refractivity contribution is 0.246. The van der Waals surface area contributed by atoms with Gasteiger partial charge in [0.1, 0.15) is 5.75 Å². The van der Waals surface area contributed by atoms with Gasteiger partial charge >= 0.3 is 0 Å². The number of likely N-dealkylation sites (tertiary alicyclic amines) is 1. The molecule has 0 aliphatic carbocycles. The van der Waals surface area contributed by atoms with Crippen LogP contribution in [-0.4, -0.2) is 35.7 Å². The minimum atomic E-state index is 0.672. The third-order valence-electron chi connectivity index (χ3n) is 4.28. The molecule has 2 heterocycles. The minimum absolute atomic E-state index is 0.672. The van der Waals surface area contributed by atoms with E-state index in [0.29, 0.717) is 6.04 Å². The lowest BCUT2D eigenvalue weighted by Gasteiger charge is -2.23. The first-order valence-electron chi connectivity index (χ1n) is 7.19. The summed E-state index contributed by atoms with van der Waals surface area (Å²) in [6.45, 7) is 5.73. The normalized spacial score (nSPS) is 20.2. The van der Waals surface area contributed by atoms with Crippen LogP contribution in [0, 0.1) is 0 Å². The molecule has 0 saturated carbocycles. The summed E-state index contributed by atoms with van der Waals surface area (Å²) in [7, 11) is 1.75. The van der Waals surface area contributed by atoms with Gasteiger partial charge in [-0.1, -0.05) is 19.1 Å². The maximum absolute atomic E-state index is 5.49. The van der Waals surface area contributed by atoms with E-state index in [0.717, 1.165) is 18.8 Å². The van der Waals surface area contributed by atoms with E-state index in [4.69, 9.17) is 4.74 Å². The van der Waals surface area contributed by atoms with Gasteiger partial charge in [0.15, 0.2) is 0 Å². The van der Waals surface area contributed by atoms with Crippen molar-refractivity contribution in [3.63, 3.8) is 0 Å². The maximum Gasteiger partial charge on any atom is 0.144 e. The van der Waals surface area contributed by atoms with E-state index < -0.39 is 0 Å². The molecule has 0 bridgehead atoms. The molecule has 1 fully saturated rings. The first kappa shape index (κ1) is 12.5. The Labute approximate surface area is 114 Å². The monoisotopic (exact) mass is 258 g/mol. The van der Waals surface area contributed by atoms with Crippen LogP contribution in [0.2, 0.25) is 0 Å². The molecule has 1 atom stereocenters. The van der Waals surface area contributed by atoms with Gasteiger partial charge in [0.05, 0.1) is 12.6 Å². The van der Waals surface area contributed by atoms with E-state index in [1.54, 1.807) is 7.11 Å². The fourth-order valence-electron chi connectivity index (χ4n) is 3.27. The van der Waals surface area contributed by atoms with Crippen LogP contribution in [0.15, 0.2) is 30.5 Å². The molecule has 0 radical (unpaired) electrons. The molecule has 0 N–H and O–H groups in total. The summed E-state index contributed by atoms with van der Waals surface area (Å²) in [6.07, 6.45) is 4.79. The second-order valence-electron chi connectivity index (χ2n) is 5.29. The molecule has 1 aromatic carbocycles. The first-order valence-corrected chi connectivity index (χ1v) is 7.19. The van der Waals surface area contributed by atoms with Crippen LogP contribution in [0.25, 0.3) is 10.9 Å². The summed E-state index contributed by atoms with van der Waals surface area (Å²) < 4.78 is 7.85. The van der Waals surface area contributed by atoms with Gasteiger partial charge in [0, 0.05) is 24.2 Å². The molecule has 3 rings (SSSR count). The number of aromatic nitrogens is 1. The Morgan fingerprint density at radius 1 is 1.32 bits per heavy atom. The number of hydrogen-bond acceptors (Lipinski definition) is 2. The van der Waals surface area contributed by atoms with Crippen LogP contribution in [0.5, 0.6) is 5.75 Å². The van der Waals surface area contributed by atoms with E-state index in [1.165, 1.54) is 30.3 Å². The van der Waals surface area contributed by atoms with Crippen molar-refractivity contribution in [1.29, 1.82) is 0 Å². The Kier molecular flexibility index (Phi) is 3.47. The van der Waals surface area contributed by atoms with Crippen LogP contribution in [-0.2, 0) is 6.54 Å². The summed E-state index contributed by atoms with van der Waals surface area (Å²) in [5.74, 6) is 0.983. The van der Waals surface area contributed by atoms with Gasteiger partial charge in [0.25, 0.3) is 0 Å². The van der Waals surface area contributed by atoms with E-state index in [2.05, 4.69) is 46.9 Å². The summed E-state index contributed by atoms with van der Waals surface area (Å²) in [5, 5.41) is 1.21. The summed E-state index contributed by atoms with van der Waals surface area (Å²) in [5.41, 5.74) is 1.28. The van der Waals surface area contributed by atoms with E-state index >= 15 is 0 Å². The SMILES string of the molecule is CCN1CCCC1Cn1cc(OC)c2ccccc21. The molecule has 1 aliphatic rings. The number of nitrogens with zero attached hydrogens (tertiary/aromatic N) is 2. The first-order chi connectivity index (χ1) is 9.33. The number of likely N-dealkylation sites (N-methyl/N-ethyl adjacent to an activating group) is 1. The Balaban J connectivity index is 1.92. The Morgan fingerprint density at radius 2 is 2.16 bits per heavy atom. The molecule has 1 unspecified atom stereocenters. The standard InChI is InChI=1S/C16H22N2O/c1-3-17-10-6-7-13(17)11-18-12-16(19-2)14-8-4-5-9-15(14)18/h4-5,8-9,12-13H,3,6-7,10-11H2,1-2H3. The zero-order valence-electron chi connectivity index (χ0n) is 11.8. The van der Waals surface area contributed by atoms with E-state index in [9.17, 15) is 0 Å². The molecule has 0 amide bonds. The predicted octanol–water partition coefficient (Wildman–Crippen LogP) is 3.13. The third-order valence-corrected chi connectivity index (χ3v) is 4.28. The van der Waals surface area contributed by atoms with Crippen LogP contribution in [0.4, 0.5) is 0 Å². The van der Waals surface area contributed by atoms with Crippen molar-refractivity contribution in [3.8, 4) is 5.75 Å². The molecule has 1 aliphatic heterocycles. The number of fused-ring (bicyclic) bond motifs is 1. The van der Waals surface area contributed by atoms with Crippen LogP contribution in [0.1, 0.15) is 19.8 Å². The number of rotatable bonds is 4. The van der Waals surface area contributed by atoms with Gasteiger partial charge in [-0.05, 0) is 38.1 Å². The molecular weight excluding hydrogens is 236 g/mol. The van der Waals surface area contributed by atoms with Gasteiger partial charge < -0.3 is 9.30 Å². The minimum Gasteiger partial charge on any atom is -0.495 e. The van der Waals surface area contributed by atoms with Crippen LogP contribution >= 0.6 is 0 Å². The van der Waals surface area contributed by atoms with Crippen molar-refractivity contribution in [2.45, 2.75) is 32.4 Å².